The number of amides is 1. The fraction of sp³-hybridized carbons (Fsp3) is 0.100. The highest BCUT2D eigenvalue weighted by atomic mass is 16.5. The molecule has 0 unspecified atom stereocenters. The third-order valence-corrected chi connectivity index (χ3v) is 3.84. The minimum Gasteiger partial charge on any atom is -0.497 e. The quantitative estimate of drug-likeness (QED) is 0.549. The van der Waals surface area contributed by atoms with Crippen molar-refractivity contribution < 1.29 is 14.3 Å². The maximum atomic E-state index is 12.5. The summed E-state index contributed by atoms with van der Waals surface area (Å²) in [6, 6.07) is 16.5. The van der Waals surface area contributed by atoms with Crippen LogP contribution in [0.15, 0.2) is 72.1 Å². The van der Waals surface area contributed by atoms with Crippen LogP contribution < -0.4 is 14.9 Å². The van der Waals surface area contributed by atoms with Crippen molar-refractivity contribution in [2.75, 3.05) is 14.2 Å². The van der Waals surface area contributed by atoms with Crippen LogP contribution in [0.25, 0.3) is 5.69 Å². The van der Waals surface area contributed by atoms with Crippen molar-refractivity contribution in [2.45, 2.75) is 0 Å². The molecule has 3 rings (SSSR count). The minimum atomic E-state index is -0.299. The molecule has 6 nitrogen and oxygen atoms in total. The van der Waals surface area contributed by atoms with E-state index in [2.05, 4.69) is 10.5 Å². The molecule has 0 saturated carbocycles. The average Bonchev–Trinajstić information content (AvgIpc) is 3.22. The lowest BCUT2D eigenvalue weighted by molar-refractivity contribution is 0.0955. The highest BCUT2D eigenvalue weighted by Crippen LogP contribution is 2.22. The van der Waals surface area contributed by atoms with Crippen LogP contribution in [0.4, 0.5) is 0 Å². The van der Waals surface area contributed by atoms with Gasteiger partial charge in [-0.2, -0.15) is 5.10 Å². The van der Waals surface area contributed by atoms with Crippen molar-refractivity contribution in [2.24, 2.45) is 5.10 Å². The third kappa shape index (κ3) is 3.75. The van der Waals surface area contributed by atoms with Gasteiger partial charge in [0.1, 0.15) is 11.5 Å². The number of ether oxygens (including phenoxy) is 2. The number of nitrogens with one attached hydrogen (secondary N) is 1. The molecule has 1 amide bonds. The molecule has 0 atom stereocenters. The highest BCUT2D eigenvalue weighted by molar-refractivity contribution is 5.98. The molecule has 0 aliphatic carbocycles. The summed E-state index contributed by atoms with van der Waals surface area (Å²) in [6.07, 6.45) is 5.30. The molecule has 1 aromatic heterocycles. The second-order valence-corrected chi connectivity index (χ2v) is 5.41. The van der Waals surface area contributed by atoms with Crippen LogP contribution in [0.3, 0.4) is 0 Å². The van der Waals surface area contributed by atoms with Gasteiger partial charge in [0.25, 0.3) is 5.91 Å². The number of nitrogens with zero attached hydrogens (tertiary/aromatic N) is 2. The Balaban J connectivity index is 1.79. The van der Waals surface area contributed by atoms with Crippen LogP contribution in [-0.4, -0.2) is 30.9 Å². The second-order valence-electron chi connectivity index (χ2n) is 5.41. The molecule has 6 heteroatoms. The van der Waals surface area contributed by atoms with Crippen LogP contribution >= 0.6 is 0 Å². The molecule has 0 bridgehead atoms. The number of carbonyl (C=O) groups excluding carboxylic acids is 1. The van der Waals surface area contributed by atoms with Gasteiger partial charge in [-0.15, -0.1) is 0 Å². The second kappa shape index (κ2) is 8.02. The maximum absolute atomic E-state index is 12.5. The molecule has 0 fully saturated rings. The third-order valence-electron chi connectivity index (χ3n) is 3.84. The van der Waals surface area contributed by atoms with Gasteiger partial charge in [0.05, 0.1) is 31.7 Å². The van der Waals surface area contributed by atoms with E-state index in [0.29, 0.717) is 22.6 Å². The Labute approximate surface area is 151 Å². The van der Waals surface area contributed by atoms with Gasteiger partial charge in [-0.05, 0) is 42.5 Å². The van der Waals surface area contributed by atoms with Gasteiger partial charge in [0.2, 0.25) is 0 Å². The molecule has 0 aliphatic rings. The first-order chi connectivity index (χ1) is 12.7. The molecule has 132 valence electrons. The Hall–Kier alpha value is -3.54. The first kappa shape index (κ1) is 17.3. The molecule has 0 radical (unpaired) electrons. The van der Waals surface area contributed by atoms with Crippen LogP contribution in [0.1, 0.15) is 15.9 Å². The number of rotatable bonds is 6. The van der Waals surface area contributed by atoms with Gasteiger partial charge >= 0.3 is 0 Å². The monoisotopic (exact) mass is 349 g/mol. The number of benzene rings is 2. The summed E-state index contributed by atoms with van der Waals surface area (Å²) < 4.78 is 12.4. The predicted molar refractivity (Wildman–Crippen MR) is 100 cm³/mol. The van der Waals surface area contributed by atoms with Gasteiger partial charge in [-0.1, -0.05) is 12.1 Å². The molecule has 3 aromatic rings. The molecule has 2 aromatic carbocycles. The summed E-state index contributed by atoms with van der Waals surface area (Å²) in [5.41, 5.74) is 4.57. The Morgan fingerprint density at radius 1 is 1.04 bits per heavy atom. The number of para-hydroxylation sites is 1. The fourth-order valence-electron chi connectivity index (χ4n) is 2.55. The van der Waals surface area contributed by atoms with Crippen LogP contribution in [0, 0.1) is 0 Å². The Bertz CT molecular complexity index is 918. The number of aromatic nitrogens is 1. The zero-order chi connectivity index (χ0) is 18.4. The molecule has 26 heavy (non-hydrogen) atoms. The van der Waals surface area contributed by atoms with E-state index in [-0.39, 0.29) is 5.91 Å². The topological polar surface area (TPSA) is 64.8 Å². The minimum absolute atomic E-state index is 0.299. The smallest absolute Gasteiger partial charge is 0.273 e. The van der Waals surface area contributed by atoms with Crippen molar-refractivity contribution in [1.82, 2.24) is 9.99 Å². The Morgan fingerprint density at radius 2 is 1.81 bits per heavy atom. The zero-order valence-electron chi connectivity index (χ0n) is 14.5. The summed E-state index contributed by atoms with van der Waals surface area (Å²) in [6.45, 7) is 0. The van der Waals surface area contributed by atoms with E-state index in [1.54, 1.807) is 38.5 Å². The van der Waals surface area contributed by atoms with Gasteiger partial charge in [-0.25, -0.2) is 5.43 Å². The summed E-state index contributed by atoms with van der Waals surface area (Å²) in [4.78, 5) is 12.5. The number of hydrogen-bond donors (Lipinski definition) is 1. The summed E-state index contributed by atoms with van der Waals surface area (Å²) in [5, 5.41) is 4.06. The molecule has 0 saturated heterocycles. The Kier molecular flexibility index (Phi) is 5.34. The van der Waals surface area contributed by atoms with Gasteiger partial charge in [0, 0.05) is 18.0 Å². The van der Waals surface area contributed by atoms with Crippen molar-refractivity contribution in [1.29, 1.82) is 0 Å². The van der Waals surface area contributed by atoms with Crippen LogP contribution in [0.5, 0.6) is 11.5 Å². The lowest BCUT2D eigenvalue weighted by atomic mass is 10.1. The summed E-state index contributed by atoms with van der Waals surface area (Å²) >= 11 is 0. The van der Waals surface area contributed by atoms with E-state index >= 15 is 0 Å². The maximum Gasteiger partial charge on any atom is 0.273 e. The first-order valence-corrected chi connectivity index (χ1v) is 8.00. The predicted octanol–water partition coefficient (Wildman–Crippen LogP) is 3.26. The standard InChI is InChI=1S/C20H19N3O3/c1-25-16-9-10-19(26-2)15(13-16)14-21-22-20(24)17-7-3-4-8-18(17)23-11-5-6-12-23/h3-14H,1-2H3,(H,22,24)/b21-14-. The van der Waals surface area contributed by atoms with Crippen molar-refractivity contribution in [3.05, 3.63) is 78.1 Å². The average molecular weight is 349 g/mol. The molecule has 0 aliphatic heterocycles. The van der Waals surface area contributed by atoms with Crippen molar-refractivity contribution in [3.8, 4) is 17.2 Å². The number of carbonyl (C=O) groups is 1. The largest absolute Gasteiger partial charge is 0.497 e. The highest BCUT2D eigenvalue weighted by Gasteiger charge is 2.11. The summed E-state index contributed by atoms with van der Waals surface area (Å²) in [5.74, 6) is 1.01. The molecule has 1 N–H and O–H groups in total. The van der Waals surface area contributed by atoms with E-state index < -0.39 is 0 Å². The first-order valence-electron chi connectivity index (χ1n) is 8.00. The van der Waals surface area contributed by atoms with E-state index in [4.69, 9.17) is 9.47 Å². The van der Waals surface area contributed by atoms with Gasteiger partial charge in [-0.3, -0.25) is 4.79 Å². The van der Waals surface area contributed by atoms with E-state index in [1.165, 1.54) is 6.21 Å². The van der Waals surface area contributed by atoms with Crippen LogP contribution in [0.2, 0.25) is 0 Å². The fourth-order valence-corrected chi connectivity index (χ4v) is 2.55. The van der Waals surface area contributed by atoms with E-state index in [9.17, 15) is 4.79 Å². The van der Waals surface area contributed by atoms with Crippen molar-refractivity contribution >= 4 is 12.1 Å². The number of hydrogen-bond acceptors (Lipinski definition) is 4. The normalized spacial score (nSPS) is 10.7. The molecule has 0 spiro atoms. The number of hydrazone groups is 1. The molecular weight excluding hydrogens is 330 g/mol. The SMILES string of the molecule is COc1ccc(OC)c(/C=N\NC(=O)c2ccccc2-n2cccc2)c1. The van der Waals surface area contributed by atoms with Crippen LogP contribution in [-0.2, 0) is 0 Å². The van der Waals surface area contributed by atoms with E-state index in [0.717, 1.165) is 5.69 Å². The molecular formula is C20H19N3O3. The summed E-state index contributed by atoms with van der Waals surface area (Å²) in [7, 11) is 3.16. The lowest BCUT2D eigenvalue weighted by Crippen LogP contribution is -2.19. The van der Waals surface area contributed by atoms with Gasteiger partial charge in [0.15, 0.2) is 0 Å². The van der Waals surface area contributed by atoms with Gasteiger partial charge < -0.3 is 14.0 Å². The number of methoxy groups -OCH3 is 2. The zero-order valence-corrected chi connectivity index (χ0v) is 14.5. The van der Waals surface area contributed by atoms with Crippen molar-refractivity contribution in [3.63, 3.8) is 0 Å². The molecule has 1 heterocycles. The lowest BCUT2D eigenvalue weighted by Gasteiger charge is -2.09. The Morgan fingerprint density at radius 3 is 2.54 bits per heavy atom. The van der Waals surface area contributed by atoms with E-state index in [1.807, 2.05) is 47.3 Å².